The molecule has 0 bridgehead atoms. The molecule has 0 aromatic rings. The minimum Gasteiger partial charge on any atom is -0.480 e. The highest BCUT2D eigenvalue weighted by molar-refractivity contribution is 5.73. The lowest BCUT2D eigenvalue weighted by Gasteiger charge is -2.44. The maximum absolute atomic E-state index is 11.0. The van der Waals surface area contributed by atoms with Crippen molar-refractivity contribution >= 4 is 5.97 Å². The summed E-state index contributed by atoms with van der Waals surface area (Å²) in [4.78, 5) is 13.1. The van der Waals surface area contributed by atoms with E-state index < -0.39 is 5.97 Å². The van der Waals surface area contributed by atoms with E-state index in [1.54, 1.807) is 7.11 Å². The average molecular weight is 215 g/mol. The Bertz CT molecular complexity index is 212. The Morgan fingerprint density at radius 2 is 2.13 bits per heavy atom. The molecule has 0 spiro atoms. The van der Waals surface area contributed by atoms with E-state index in [0.717, 1.165) is 13.1 Å². The monoisotopic (exact) mass is 215 g/mol. The number of carboxylic acid groups (broad SMARTS) is 1. The molecule has 1 aliphatic heterocycles. The van der Waals surface area contributed by atoms with Gasteiger partial charge in [0.25, 0.3) is 0 Å². The first kappa shape index (κ1) is 12.5. The molecule has 4 nitrogen and oxygen atoms in total. The quantitative estimate of drug-likeness (QED) is 0.720. The number of hydrogen-bond acceptors (Lipinski definition) is 3. The third kappa shape index (κ3) is 3.18. The lowest BCUT2D eigenvalue weighted by molar-refractivity contribution is -0.147. The van der Waals surface area contributed by atoms with E-state index in [2.05, 4.69) is 13.8 Å². The van der Waals surface area contributed by atoms with Crippen LogP contribution in [0.5, 0.6) is 0 Å². The highest BCUT2D eigenvalue weighted by Crippen LogP contribution is 2.26. The largest absolute Gasteiger partial charge is 0.480 e. The van der Waals surface area contributed by atoms with Crippen LogP contribution in [0.4, 0.5) is 0 Å². The van der Waals surface area contributed by atoms with Crippen LogP contribution in [0.3, 0.4) is 0 Å². The third-order valence-electron chi connectivity index (χ3n) is 3.20. The molecule has 4 heteroatoms. The number of carboxylic acids is 1. The molecule has 88 valence electrons. The summed E-state index contributed by atoms with van der Waals surface area (Å²) in [7, 11) is 1.60. The van der Waals surface area contributed by atoms with Gasteiger partial charge < -0.3 is 9.84 Å². The Morgan fingerprint density at radius 1 is 1.53 bits per heavy atom. The van der Waals surface area contributed by atoms with Gasteiger partial charge in [0.15, 0.2) is 0 Å². The standard InChI is InChI=1S/C11H21NO3/c1-8(2)9-6-12(7-9)10(11(13)14)4-5-15-3/h8-10H,4-7H2,1-3H3,(H,13,14). The molecule has 1 N–H and O–H groups in total. The van der Waals surface area contributed by atoms with E-state index in [0.29, 0.717) is 24.9 Å². The van der Waals surface area contributed by atoms with Gasteiger partial charge in [-0.1, -0.05) is 13.8 Å². The van der Waals surface area contributed by atoms with Crippen LogP contribution in [0.1, 0.15) is 20.3 Å². The van der Waals surface area contributed by atoms with Crippen molar-refractivity contribution < 1.29 is 14.6 Å². The number of rotatable bonds is 6. The molecule has 1 rings (SSSR count). The van der Waals surface area contributed by atoms with Crippen LogP contribution in [-0.4, -0.2) is 48.8 Å². The van der Waals surface area contributed by atoms with E-state index in [1.165, 1.54) is 0 Å². The molecule has 1 saturated heterocycles. The first-order valence-corrected chi connectivity index (χ1v) is 5.52. The van der Waals surface area contributed by atoms with Gasteiger partial charge in [0.2, 0.25) is 0 Å². The molecule has 0 radical (unpaired) electrons. The number of nitrogens with zero attached hydrogens (tertiary/aromatic N) is 1. The number of carbonyl (C=O) groups is 1. The first-order chi connectivity index (χ1) is 7.06. The summed E-state index contributed by atoms with van der Waals surface area (Å²) in [6, 6.07) is -0.361. The maximum Gasteiger partial charge on any atom is 0.321 e. The molecule has 1 heterocycles. The van der Waals surface area contributed by atoms with Crippen LogP contribution in [0, 0.1) is 11.8 Å². The van der Waals surface area contributed by atoms with Crippen molar-refractivity contribution in [3.8, 4) is 0 Å². The zero-order chi connectivity index (χ0) is 11.4. The van der Waals surface area contributed by atoms with Crippen molar-refractivity contribution in [2.75, 3.05) is 26.8 Å². The zero-order valence-electron chi connectivity index (χ0n) is 9.77. The first-order valence-electron chi connectivity index (χ1n) is 5.52. The number of aliphatic carboxylic acids is 1. The van der Waals surface area contributed by atoms with Crippen molar-refractivity contribution in [3.63, 3.8) is 0 Å². The van der Waals surface area contributed by atoms with Gasteiger partial charge in [-0.05, 0) is 18.3 Å². The Kier molecular flexibility index (Phi) is 4.54. The van der Waals surface area contributed by atoms with Crippen LogP contribution < -0.4 is 0 Å². The predicted octanol–water partition coefficient (Wildman–Crippen LogP) is 1.06. The van der Waals surface area contributed by atoms with Gasteiger partial charge in [0.1, 0.15) is 6.04 Å². The number of hydrogen-bond donors (Lipinski definition) is 1. The van der Waals surface area contributed by atoms with E-state index in [1.807, 2.05) is 4.90 Å². The molecule has 0 aromatic carbocycles. The Morgan fingerprint density at radius 3 is 2.53 bits per heavy atom. The fourth-order valence-electron chi connectivity index (χ4n) is 1.92. The van der Waals surface area contributed by atoms with Crippen molar-refractivity contribution in [1.29, 1.82) is 0 Å². The molecule has 0 amide bonds. The Balaban J connectivity index is 2.36. The van der Waals surface area contributed by atoms with Gasteiger partial charge in [0.05, 0.1) is 0 Å². The molecule has 0 aliphatic carbocycles. The fraction of sp³-hybridized carbons (Fsp3) is 0.909. The third-order valence-corrected chi connectivity index (χ3v) is 3.20. The summed E-state index contributed by atoms with van der Waals surface area (Å²) in [5, 5.41) is 9.06. The van der Waals surface area contributed by atoms with E-state index in [9.17, 15) is 4.79 Å². The second-order valence-corrected chi connectivity index (χ2v) is 4.59. The predicted molar refractivity (Wildman–Crippen MR) is 57.8 cm³/mol. The molecule has 1 fully saturated rings. The van der Waals surface area contributed by atoms with Gasteiger partial charge in [-0.3, -0.25) is 9.69 Å². The molecular formula is C11H21NO3. The normalized spacial score (nSPS) is 20.3. The van der Waals surface area contributed by atoms with Crippen molar-refractivity contribution in [3.05, 3.63) is 0 Å². The summed E-state index contributed by atoms with van der Waals surface area (Å²) in [5.41, 5.74) is 0. The molecule has 0 saturated carbocycles. The van der Waals surface area contributed by atoms with Gasteiger partial charge in [-0.25, -0.2) is 0 Å². The van der Waals surface area contributed by atoms with Crippen molar-refractivity contribution in [1.82, 2.24) is 4.90 Å². The minimum atomic E-state index is -0.728. The Hall–Kier alpha value is -0.610. The van der Waals surface area contributed by atoms with Gasteiger partial charge in [-0.15, -0.1) is 0 Å². The summed E-state index contributed by atoms with van der Waals surface area (Å²) >= 11 is 0. The molecule has 1 aliphatic rings. The SMILES string of the molecule is COCCC(C(=O)O)N1CC(C(C)C)C1. The van der Waals surface area contributed by atoms with Crippen molar-refractivity contribution in [2.24, 2.45) is 11.8 Å². The highest BCUT2D eigenvalue weighted by Gasteiger charge is 2.36. The summed E-state index contributed by atoms with van der Waals surface area (Å²) < 4.78 is 4.93. The van der Waals surface area contributed by atoms with Crippen LogP contribution in [-0.2, 0) is 9.53 Å². The highest BCUT2D eigenvalue weighted by atomic mass is 16.5. The maximum atomic E-state index is 11.0. The summed E-state index contributed by atoms with van der Waals surface area (Å²) in [5.74, 6) is 0.585. The number of likely N-dealkylation sites (tertiary alicyclic amines) is 1. The second kappa shape index (κ2) is 5.47. The lowest BCUT2D eigenvalue weighted by atomic mass is 9.87. The van der Waals surface area contributed by atoms with Crippen LogP contribution in [0.2, 0.25) is 0 Å². The van der Waals surface area contributed by atoms with Crippen LogP contribution in [0.15, 0.2) is 0 Å². The van der Waals surface area contributed by atoms with E-state index >= 15 is 0 Å². The number of methoxy groups -OCH3 is 1. The molecule has 1 atom stereocenters. The molecule has 15 heavy (non-hydrogen) atoms. The number of ether oxygens (including phenoxy) is 1. The molecule has 1 unspecified atom stereocenters. The topological polar surface area (TPSA) is 49.8 Å². The van der Waals surface area contributed by atoms with Crippen LogP contribution >= 0.6 is 0 Å². The van der Waals surface area contributed by atoms with Gasteiger partial charge >= 0.3 is 5.97 Å². The second-order valence-electron chi connectivity index (χ2n) is 4.59. The Labute approximate surface area is 91.2 Å². The van der Waals surface area contributed by atoms with Crippen LogP contribution in [0.25, 0.3) is 0 Å². The lowest BCUT2D eigenvalue weighted by Crippen LogP contribution is -2.56. The van der Waals surface area contributed by atoms with E-state index in [-0.39, 0.29) is 6.04 Å². The summed E-state index contributed by atoms with van der Waals surface area (Å²) in [6.07, 6.45) is 0.580. The van der Waals surface area contributed by atoms with Crippen molar-refractivity contribution in [2.45, 2.75) is 26.3 Å². The smallest absolute Gasteiger partial charge is 0.321 e. The molecular weight excluding hydrogens is 194 g/mol. The van der Waals surface area contributed by atoms with Gasteiger partial charge in [0, 0.05) is 26.8 Å². The van der Waals surface area contributed by atoms with E-state index in [4.69, 9.17) is 9.84 Å². The molecule has 0 aromatic heterocycles. The fourth-order valence-corrected chi connectivity index (χ4v) is 1.92. The summed E-state index contributed by atoms with van der Waals surface area (Å²) in [6.45, 7) is 6.72. The zero-order valence-corrected chi connectivity index (χ0v) is 9.77. The average Bonchev–Trinajstić information content (AvgIpc) is 2.06. The minimum absolute atomic E-state index is 0.361. The van der Waals surface area contributed by atoms with Gasteiger partial charge in [-0.2, -0.15) is 0 Å².